The molecule has 1 saturated carbocycles. The summed E-state index contributed by atoms with van der Waals surface area (Å²) in [6, 6.07) is 0.844. The quantitative estimate of drug-likeness (QED) is 0.502. The summed E-state index contributed by atoms with van der Waals surface area (Å²) < 4.78 is 0. The molecule has 0 spiro atoms. The van der Waals surface area contributed by atoms with Crippen LogP contribution in [0.5, 0.6) is 0 Å². The molecule has 0 unspecified atom stereocenters. The molecular formula is C17H35NO. The van der Waals surface area contributed by atoms with Crippen molar-refractivity contribution in [3.63, 3.8) is 0 Å². The van der Waals surface area contributed by atoms with Crippen molar-refractivity contribution in [3.05, 3.63) is 0 Å². The van der Waals surface area contributed by atoms with Crippen LogP contribution in [-0.2, 0) is 0 Å². The van der Waals surface area contributed by atoms with Crippen LogP contribution in [0.4, 0.5) is 0 Å². The SMILES string of the molecule is CCCCCCCCCCN(CCCO)C1CCC1. The topological polar surface area (TPSA) is 23.5 Å². The first-order valence-electron chi connectivity index (χ1n) is 8.73. The second-order valence-electron chi connectivity index (χ2n) is 6.17. The van der Waals surface area contributed by atoms with E-state index in [9.17, 15) is 0 Å². The van der Waals surface area contributed by atoms with Crippen LogP contribution < -0.4 is 0 Å². The summed E-state index contributed by atoms with van der Waals surface area (Å²) in [5.74, 6) is 0. The fraction of sp³-hybridized carbons (Fsp3) is 1.00. The van der Waals surface area contributed by atoms with E-state index < -0.39 is 0 Å². The number of nitrogens with zero attached hydrogens (tertiary/aromatic N) is 1. The molecule has 0 aliphatic heterocycles. The molecular weight excluding hydrogens is 234 g/mol. The maximum absolute atomic E-state index is 8.97. The van der Waals surface area contributed by atoms with Crippen LogP contribution in [0, 0.1) is 0 Å². The number of aliphatic hydroxyl groups excluding tert-OH is 1. The van der Waals surface area contributed by atoms with Gasteiger partial charge in [-0.05, 0) is 32.2 Å². The third-order valence-electron chi connectivity index (χ3n) is 4.49. The van der Waals surface area contributed by atoms with Gasteiger partial charge in [-0.3, -0.25) is 0 Å². The molecule has 1 N–H and O–H groups in total. The van der Waals surface area contributed by atoms with E-state index in [2.05, 4.69) is 11.8 Å². The van der Waals surface area contributed by atoms with Gasteiger partial charge in [0, 0.05) is 19.2 Å². The fourth-order valence-corrected chi connectivity index (χ4v) is 2.95. The van der Waals surface area contributed by atoms with Crippen LogP contribution in [0.1, 0.15) is 84.0 Å². The van der Waals surface area contributed by atoms with Gasteiger partial charge in [-0.2, -0.15) is 0 Å². The van der Waals surface area contributed by atoms with E-state index in [1.54, 1.807) is 0 Å². The predicted octanol–water partition coefficient (Wildman–Crippen LogP) is 4.36. The summed E-state index contributed by atoms with van der Waals surface area (Å²) in [7, 11) is 0. The van der Waals surface area contributed by atoms with E-state index in [0.717, 1.165) is 19.0 Å². The zero-order valence-corrected chi connectivity index (χ0v) is 13.1. The van der Waals surface area contributed by atoms with Gasteiger partial charge in [0.15, 0.2) is 0 Å². The van der Waals surface area contributed by atoms with Crippen molar-refractivity contribution in [1.29, 1.82) is 0 Å². The van der Waals surface area contributed by atoms with Crippen LogP contribution in [-0.4, -0.2) is 35.7 Å². The lowest BCUT2D eigenvalue weighted by Gasteiger charge is -2.37. The van der Waals surface area contributed by atoms with Gasteiger partial charge in [0.2, 0.25) is 0 Å². The van der Waals surface area contributed by atoms with Crippen molar-refractivity contribution in [1.82, 2.24) is 4.90 Å². The van der Waals surface area contributed by atoms with Crippen molar-refractivity contribution in [2.45, 2.75) is 90.0 Å². The standard InChI is InChI=1S/C17H35NO/c1-2-3-4-5-6-7-8-9-14-18(15-11-16-19)17-12-10-13-17/h17,19H,2-16H2,1H3. The molecule has 2 heteroatoms. The minimum Gasteiger partial charge on any atom is -0.396 e. The van der Waals surface area contributed by atoms with Gasteiger partial charge in [0.1, 0.15) is 0 Å². The minimum atomic E-state index is 0.348. The molecule has 1 aliphatic carbocycles. The number of hydrogen-bond acceptors (Lipinski definition) is 2. The van der Waals surface area contributed by atoms with E-state index in [-0.39, 0.29) is 0 Å². The second kappa shape index (κ2) is 11.7. The summed E-state index contributed by atoms with van der Waals surface area (Å²) >= 11 is 0. The van der Waals surface area contributed by atoms with Gasteiger partial charge in [-0.25, -0.2) is 0 Å². The normalized spacial score (nSPS) is 15.9. The van der Waals surface area contributed by atoms with Gasteiger partial charge in [-0.1, -0.05) is 58.3 Å². The van der Waals surface area contributed by atoms with Crippen LogP contribution in [0.25, 0.3) is 0 Å². The monoisotopic (exact) mass is 269 g/mol. The van der Waals surface area contributed by atoms with E-state index in [1.807, 2.05) is 0 Å². The lowest BCUT2D eigenvalue weighted by atomic mass is 9.91. The molecule has 0 saturated heterocycles. The Balaban J connectivity index is 1.95. The van der Waals surface area contributed by atoms with E-state index in [1.165, 1.54) is 77.2 Å². The predicted molar refractivity (Wildman–Crippen MR) is 83.5 cm³/mol. The molecule has 1 rings (SSSR count). The van der Waals surface area contributed by atoms with Gasteiger partial charge in [0.05, 0.1) is 0 Å². The van der Waals surface area contributed by atoms with Gasteiger partial charge >= 0.3 is 0 Å². The van der Waals surface area contributed by atoms with Crippen molar-refractivity contribution < 1.29 is 5.11 Å². The lowest BCUT2D eigenvalue weighted by Crippen LogP contribution is -2.41. The first kappa shape index (κ1) is 17.0. The van der Waals surface area contributed by atoms with Crippen molar-refractivity contribution in [2.75, 3.05) is 19.7 Å². The molecule has 0 aromatic rings. The van der Waals surface area contributed by atoms with Crippen molar-refractivity contribution in [2.24, 2.45) is 0 Å². The number of aliphatic hydroxyl groups is 1. The summed E-state index contributed by atoms with van der Waals surface area (Å²) in [4.78, 5) is 2.64. The lowest BCUT2D eigenvalue weighted by molar-refractivity contribution is 0.114. The van der Waals surface area contributed by atoms with E-state index >= 15 is 0 Å². The average molecular weight is 269 g/mol. The van der Waals surface area contributed by atoms with Crippen LogP contribution in [0.15, 0.2) is 0 Å². The Hall–Kier alpha value is -0.0800. The second-order valence-corrected chi connectivity index (χ2v) is 6.17. The molecule has 0 bridgehead atoms. The van der Waals surface area contributed by atoms with Crippen LogP contribution >= 0.6 is 0 Å². The van der Waals surface area contributed by atoms with Crippen molar-refractivity contribution in [3.8, 4) is 0 Å². The molecule has 0 amide bonds. The zero-order chi connectivity index (χ0) is 13.8. The summed E-state index contributed by atoms with van der Waals surface area (Å²) in [5, 5.41) is 8.97. The highest BCUT2D eigenvalue weighted by atomic mass is 16.3. The van der Waals surface area contributed by atoms with Crippen molar-refractivity contribution >= 4 is 0 Å². The summed E-state index contributed by atoms with van der Waals surface area (Å²) in [6.45, 7) is 5.00. The Kier molecular flexibility index (Phi) is 10.5. The molecule has 0 aromatic carbocycles. The summed E-state index contributed by atoms with van der Waals surface area (Å²) in [5.41, 5.74) is 0. The Morgan fingerprint density at radius 3 is 1.95 bits per heavy atom. The molecule has 0 radical (unpaired) electrons. The molecule has 19 heavy (non-hydrogen) atoms. The van der Waals surface area contributed by atoms with E-state index in [0.29, 0.717) is 6.61 Å². The molecule has 0 atom stereocenters. The molecule has 0 heterocycles. The fourth-order valence-electron chi connectivity index (χ4n) is 2.95. The molecule has 0 aromatic heterocycles. The van der Waals surface area contributed by atoms with Crippen LogP contribution in [0.3, 0.4) is 0 Å². The van der Waals surface area contributed by atoms with Crippen LogP contribution in [0.2, 0.25) is 0 Å². The van der Waals surface area contributed by atoms with Gasteiger partial charge in [0.25, 0.3) is 0 Å². The smallest absolute Gasteiger partial charge is 0.0443 e. The number of rotatable bonds is 13. The molecule has 1 aliphatic rings. The highest BCUT2D eigenvalue weighted by Crippen LogP contribution is 2.25. The number of unbranched alkanes of at least 4 members (excludes halogenated alkanes) is 7. The largest absolute Gasteiger partial charge is 0.396 e. The third-order valence-corrected chi connectivity index (χ3v) is 4.49. The summed E-state index contributed by atoms with van der Waals surface area (Å²) in [6.07, 6.45) is 16.4. The van der Waals surface area contributed by atoms with Gasteiger partial charge < -0.3 is 10.0 Å². The molecule has 2 nitrogen and oxygen atoms in total. The first-order chi connectivity index (χ1) is 9.38. The maximum atomic E-state index is 8.97. The zero-order valence-electron chi connectivity index (χ0n) is 13.1. The Morgan fingerprint density at radius 1 is 0.842 bits per heavy atom. The highest BCUT2D eigenvalue weighted by molar-refractivity contribution is 4.79. The maximum Gasteiger partial charge on any atom is 0.0443 e. The highest BCUT2D eigenvalue weighted by Gasteiger charge is 2.23. The Morgan fingerprint density at radius 2 is 1.42 bits per heavy atom. The number of hydrogen-bond donors (Lipinski definition) is 1. The average Bonchev–Trinajstić information content (AvgIpc) is 2.36. The molecule has 1 fully saturated rings. The Labute approximate surface area is 120 Å². The van der Waals surface area contributed by atoms with E-state index in [4.69, 9.17) is 5.11 Å². The Bertz CT molecular complexity index is 192. The minimum absolute atomic E-state index is 0.348. The third kappa shape index (κ3) is 7.94. The molecule has 114 valence electrons. The first-order valence-corrected chi connectivity index (χ1v) is 8.73. The van der Waals surface area contributed by atoms with Gasteiger partial charge in [-0.15, -0.1) is 0 Å².